The van der Waals surface area contributed by atoms with E-state index >= 15 is 0 Å². The maximum absolute atomic E-state index is 13.3. The average molecular weight is 340 g/mol. The summed E-state index contributed by atoms with van der Waals surface area (Å²) in [6, 6.07) is 9.38. The van der Waals surface area contributed by atoms with Crippen LogP contribution in [-0.2, 0) is 0 Å². The molecule has 5 heteroatoms. The molecular weight excluding hydrogens is 325 g/mol. The number of halogens is 2. The second kappa shape index (κ2) is 6.24. The monoisotopic (exact) mass is 339 g/mol. The van der Waals surface area contributed by atoms with Gasteiger partial charge in [-0.25, -0.2) is 4.39 Å². The Morgan fingerprint density at radius 1 is 1.15 bits per heavy atom. The topological polar surface area (TPSA) is 44.5 Å². The minimum Gasteiger partial charge on any atom is -0.496 e. The Hall–Kier alpha value is -1.59. The first-order valence-electron chi connectivity index (χ1n) is 6.08. The van der Waals surface area contributed by atoms with E-state index < -0.39 is 0 Å². The number of benzene rings is 2. The van der Waals surface area contributed by atoms with Crippen LogP contribution in [0.15, 0.2) is 40.9 Å². The van der Waals surface area contributed by atoms with Crippen LogP contribution in [0.3, 0.4) is 0 Å². The Bertz CT molecular complexity index is 617. The van der Waals surface area contributed by atoms with Crippen molar-refractivity contribution < 1.29 is 13.9 Å². The van der Waals surface area contributed by atoms with Crippen molar-refractivity contribution in [3.8, 4) is 17.2 Å². The smallest absolute Gasteiger partial charge is 0.144 e. The summed E-state index contributed by atoms with van der Waals surface area (Å²) < 4.78 is 25.0. The zero-order chi connectivity index (χ0) is 14.7. The van der Waals surface area contributed by atoms with E-state index in [1.54, 1.807) is 25.3 Å². The zero-order valence-electron chi connectivity index (χ0n) is 11.2. The first kappa shape index (κ1) is 14.8. The maximum atomic E-state index is 13.3. The molecule has 2 rings (SSSR count). The van der Waals surface area contributed by atoms with Crippen molar-refractivity contribution in [2.75, 3.05) is 7.11 Å². The van der Waals surface area contributed by atoms with E-state index in [2.05, 4.69) is 15.9 Å². The predicted octanol–water partition coefficient (Wildman–Crippen LogP) is 4.41. The van der Waals surface area contributed by atoms with Crippen LogP contribution in [0.4, 0.5) is 4.39 Å². The summed E-state index contributed by atoms with van der Waals surface area (Å²) in [6.45, 7) is 1.84. The number of hydrogen-bond donors (Lipinski definition) is 1. The number of nitrogens with two attached hydrogens (primary N) is 1. The molecule has 0 aliphatic heterocycles. The fourth-order valence-corrected chi connectivity index (χ4v) is 2.24. The van der Waals surface area contributed by atoms with E-state index in [0.717, 1.165) is 5.56 Å². The minimum atomic E-state index is -0.367. The third kappa shape index (κ3) is 3.11. The van der Waals surface area contributed by atoms with Crippen molar-refractivity contribution in [3.63, 3.8) is 0 Å². The molecule has 0 unspecified atom stereocenters. The van der Waals surface area contributed by atoms with Gasteiger partial charge in [0.2, 0.25) is 0 Å². The second-order valence-corrected chi connectivity index (χ2v) is 5.19. The highest BCUT2D eigenvalue weighted by molar-refractivity contribution is 9.10. The third-order valence-corrected chi connectivity index (χ3v) is 3.47. The van der Waals surface area contributed by atoms with Gasteiger partial charge in [-0.1, -0.05) is 6.07 Å². The van der Waals surface area contributed by atoms with Gasteiger partial charge in [-0.15, -0.1) is 0 Å². The molecule has 20 heavy (non-hydrogen) atoms. The van der Waals surface area contributed by atoms with Crippen LogP contribution in [0.5, 0.6) is 17.2 Å². The highest BCUT2D eigenvalue weighted by Crippen LogP contribution is 2.37. The van der Waals surface area contributed by atoms with Crippen LogP contribution < -0.4 is 15.2 Å². The lowest BCUT2D eigenvalue weighted by molar-refractivity contribution is 0.397. The summed E-state index contributed by atoms with van der Waals surface area (Å²) in [6.07, 6.45) is 0. The van der Waals surface area contributed by atoms with E-state index in [0.29, 0.717) is 21.7 Å². The molecule has 2 aromatic rings. The zero-order valence-corrected chi connectivity index (χ0v) is 12.8. The molecule has 1 atom stereocenters. The van der Waals surface area contributed by atoms with Gasteiger partial charge in [-0.2, -0.15) is 0 Å². The lowest BCUT2D eigenvalue weighted by Gasteiger charge is -2.17. The highest BCUT2D eigenvalue weighted by atomic mass is 79.9. The van der Waals surface area contributed by atoms with Crippen LogP contribution in [0, 0.1) is 5.82 Å². The Morgan fingerprint density at radius 3 is 2.50 bits per heavy atom. The fraction of sp³-hybridized carbons (Fsp3) is 0.200. The van der Waals surface area contributed by atoms with E-state index in [-0.39, 0.29) is 11.9 Å². The molecule has 106 valence electrons. The van der Waals surface area contributed by atoms with Gasteiger partial charge in [-0.05, 0) is 47.1 Å². The third-order valence-electron chi connectivity index (χ3n) is 2.81. The van der Waals surface area contributed by atoms with Crippen molar-refractivity contribution in [1.82, 2.24) is 0 Å². The van der Waals surface area contributed by atoms with Crippen molar-refractivity contribution >= 4 is 15.9 Å². The summed E-state index contributed by atoms with van der Waals surface area (Å²) in [5.74, 6) is 1.21. The molecule has 0 bridgehead atoms. The van der Waals surface area contributed by atoms with E-state index in [1.807, 2.05) is 13.0 Å². The fourth-order valence-electron chi connectivity index (χ4n) is 1.91. The number of methoxy groups -OCH3 is 1. The summed E-state index contributed by atoms with van der Waals surface area (Å²) in [5, 5.41) is 0. The Labute approximate surface area is 125 Å². The van der Waals surface area contributed by atoms with Crippen molar-refractivity contribution in [3.05, 3.63) is 52.3 Å². The van der Waals surface area contributed by atoms with E-state index in [4.69, 9.17) is 15.2 Å². The standard InChI is InChI=1S/C15H15BrFNO2/c1-9(18)15-12(19-2)4-3-5-13(15)20-14-8-10(17)6-7-11(14)16/h3-9H,18H2,1-2H3/t9-/m1/s1. The van der Waals surface area contributed by atoms with Crippen molar-refractivity contribution in [2.45, 2.75) is 13.0 Å². The lowest BCUT2D eigenvalue weighted by atomic mass is 10.1. The molecule has 0 heterocycles. The van der Waals surface area contributed by atoms with E-state index in [1.165, 1.54) is 12.1 Å². The molecule has 2 N–H and O–H groups in total. The molecule has 3 nitrogen and oxygen atoms in total. The molecule has 0 aromatic heterocycles. The molecule has 0 fully saturated rings. The van der Waals surface area contributed by atoms with Crippen molar-refractivity contribution in [1.29, 1.82) is 0 Å². The number of rotatable bonds is 4. The van der Waals surface area contributed by atoms with Crippen LogP contribution in [-0.4, -0.2) is 7.11 Å². The Kier molecular flexibility index (Phi) is 4.62. The molecule has 0 saturated heterocycles. The SMILES string of the molecule is COc1cccc(Oc2cc(F)ccc2Br)c1[C@@H](C)N. The average Bonchev–Trinajstić information content (AvgIpc) is 2.42. The molecule has 0 spiro atoms. The summed E-state index contributed by atoms with van der Waals surface area (Å²) in [4.78, 5) is 0. The highest BCUT2D eigenvalue weighted by Gasteiger charge is 2.16. The Morgan fingerprint density at radius 2 is 1.85 bits per heavy atom. The molecular formula is C15H15BrFNO2. The normalized spacial score (nSPS) is 12.1. The lowest BCUT2D eigenvalue weighted by Crippen LogP contribution is -2.08. The summed E-state index contributed by atoms with van der Waals surface area (Å²) in [5.41, 5.74) is 6.71. The van der Waals surface area contributed by atoms with Crippen LogP contribution in [0.1, 0.15) is 18.5 Å². The number of hydrogen-bond acceptors (Lipinski definition) is 3. The first-order valence-corrected chi connectivity index (χ1v) is 6.87. The number of ether oxygens (including phenoxy) is 2. The van der Waals surface area contributed by atoms with Gasteiger partial charge < -0.3 is 15.2 Å². The van der Waals surface area contributed by atoms with Crippen molar-refractivity contribution in [2.24, 2.45) is 5.73 Å². The maximum Gasteiger partial charge on any atom is 0.144 e. The van der Waals surface area contributed by atoms with Gasteiger partial charge >= 0.3 is 0 Å². The van der Waals surface area contributed by atoms with Gasteiger partial charge in [0.1, 0.15) is 23.1 Å². The minimum absolute atomic E-state index is 0.270. The summed E-state index contributed by atoms with van der Waals surface area (Å²) >= 11 is 3.33. The Balaban J connectivity index is 2.45. The molecule has 0 aliphatic rings. The predicted molar refractivity (Wildman–Crippen MR) is 79.8 cm³/mol. The molecule has 0 aliphatic carbocycles. The van der Waals surface area contributed by atoms with Gasteiger partial charge in [0.05, 0.1) is 17.1 Å². The molecule has 0 amide bonds. The van der Waals surface area contributed by atoms with Crippen LogP contribution in [0.25, 0.3) is 0 Å². The van der Waals surface area contributed by atoms with Gasteiger partial charge in [0.15, 0.2) is 0 Å². The second-order valence-electron chi connectivity index (χ2n) is 4.34. The van der Waals surface area contributed by atoms with Gasteiger partial charge in [0, 0.05) is 12.1 Å². The van der Waals surface area contributed by atoms with Crippen LogP contribution in [0.2, 0.25) is 0 Å². The molecule has 0 radical (unpaired) electrons. The van der Waals surface area contributed by atoms with Crippen LogP contribution >= 0.6 is 15.9 Å². The van der Waals surface area contributed by atoms with E-state index in [9.17, 15) is 4.39 Å². The summed E-state index contributed by atoms with van der Waals surface area (Å²) in [7, 11) is 1.57. The largest absolute Gasteiger partial charge is 0.496 e. The van der Waals surface area contributed by atoms with Gasteiger partial charge in [-0.3, -0.25) is 0 Å². The molecule has 2 aromatic carbocycles. The van der Waals surface area contributed by atoms with Gasteiger partial charge in [0.25, 0.3) is 0 Å². The first-order chi connectivity index (χ1) is 9.52. The molecule has 0 saturated carbocycles. The quantitative estimate of drug-likeness (QED) is 0.897.